The van der Waals surface area contributed by atoms with Gasteiger partial charge < -0.3 is 24.8 Å². The van der Waals surface area contributed by atoms with Crippen LogP contribution < -0.4 is 19.9 Å². The van der Waals surface area contributed by atoms with Crippen LogP contribution in [0.15, 0.2) is 24.4 Å². The Kier molecular flexibility index (Phi) is 4.11. The van der Waals surface area contributed by atoms with Gasteiger partial charge in [-0.3, -0.25) is 5.10 Å². The number of fused-ring (bicyclic) bond motifs is 5. The number of aromatic nitrogens is 3. The number of hydrogen-bond donors (Lipinski definition) is 2. The molecule has 0 aliphatic carbocycles. The van der Waals surface area contributed by atoms with Gasteiger partial charge in [-0.25, -0.2) is 9.37 Å². The van der Waals surface area contributed by atoms with E-state index in [9.17, 15) is 0 Å². The highest BCUT2D eigenvalue weighted by molar-refractivity contribution is 6.38. The van der Waals surface area contributed by atoms with Crippen LogP contribution in [0.3, 0.4) is 0 Å². The molecule has 11 heteroatoms. The van der Waals surface area contributed by atoms with E-state index in [1.165, 1.54) is 6.20 Å². The Morgan fingerprint density at radius 3 is 2.92 bits per heavy atom. The van der Waals surface area contributed by atoms with Gasteiger partial charge in [0.05, 0.1) is 36.4 Å². The molecule has 1 saturated heterocycles. The molecule has 3 aliphatic rings. The second-order valence-corrected chi connectivity index (χ2v) is 10.8. The van der Waals surface area contributed by atoms with E-state index in [4.69, 9.17) is 37.5 Å². The van der Waals surface area contributed by atoms with Gasteiger partial charge in [-0.2, -0.15) is 5.10 Å². The fraction of sp³-hybridized carbons (Fsp3) is 0.407. The predicted molar refractivity (Wildman–Crippen MR) is 151 cm³/mol. The first kappa shape index (κ1) is 17.7. The van der Waals surface area contributed by atoms with Crippen molar-refractivity contribution in [3.05, 3.63) is 40.3 Å². The van der Waals surface area contributed by atoms with Crippen LogP contribution in [0.5, 0.6) is 5.88 Å². The Balaban J connectivity index is 1.45. The Morgan fingerprint density at radius 2 is 2.08 bits per heavy atom. The fourth-order valence-corrected chi connectivity index (χ4v) is 6.43. The topological polar surface area (TPSA) is 72.5 Å². The molecule has 198 valence electrons. The molecule has 2 N–H and O–H groups in total. The van der Waals surface area contributed by atoms with Gasteiger partial charge >= 0.3 is 0 Å². The van der Waals surface area contributed by atoms with E-state index in [0.717, 1.165) is 0 Å². The highest BCUT2D eigenvalue weighted by atomic mass is 35.5. The van der Waals surface area contributed by atoms with Gasteiger partial charge in [0.15, 0.2) is 5.82 Å². The van der Waals surface area contributed by atoms with Crippen molar-refractivity contribution in [1.29, 1.82) is 0 Å². The molecule has 38 heavy (non-hydrogen) atoms. The van der Waals surface area contributed by atoms with Crippen LogP contribution in [0.2, 0.25) is 10.0 Å². The van der Waals surface area contributed by atoms with E-state index < -0.39 is 38.9 Å². The summed E-state index contributed by atoms with van der Waals surface area (Å²) < 4.78 is 79.2. The number of rotatable bonds is 3. The van der Waals surface area contributed by atoms with Crippen molar-refractivity contribution in [2.45, 2.75) is 25.1 Å². The summed E-state index contributed by atoms with van der Waals surface area (Å²) in [6.07, 6.45) is 0.611. The molecular weight excluding hydrogens is 528 g/mol. The highest BCUT2D eigenvalue weighted by Crippen LogP contribution is 2.51. The monoisotopic (exact) mass is 562 g/mol. The summed E-state index contributed by atoms with van der Waals surface area (Å²) >= 11 is 13.5. The van der Waals surface area contributed by atoms with E-state index in [2.05, 4.69) is 20.5 Å². The van der Waals surface area contributed by atoms with Crippen LogP contribution >= 0.6 is 23.2 Å². The molecule has 8 nitrogen and oxygen atoms in total. The maximum atomic E-state index is 16.9. The van der Waals surface area contributed by atoms with Crippen molar-refractivity contribution in [2.24, 2.45) is 0 Å². The minimum absolute atomic E-state index is 0.0152. The minimum atomic E-state index is -2.91. The average Bonchev–Trinajstić information content (AvgIpc) is 3.43. The normalized spacial score (nSPS) is 28.0. The van der Waals surface area contributed by atoms with E-state index in [1.54, 1.807) is 18.2 Å². The van der Waals surface area contributed by atoms with Crippen LogP contribution in [0, 0.1) is 5.82 Å². The smallest absolute Gasteiger partial charge is 0.240 e. The number of aromatic amines is 1. The van der Waals surface area contributed by atoms with Crippen LogP contribution in [0.1, 0.15) is 16.5 Å². The zero-order chi connectivity index (χ0) is 32.2. The summed E-state index contributed by atoms with van der Waals surface area (Å²) in [6, 6.07) is 4.54. The fourth-order valence-electron chi connectivity index (χ4n) is 5.88. The minimum Gasteiger partial charge on any atom is -0.470 e. The number of ether oxygens (including phenoxy) is 1. The lowest BCUT2D eigenvalue weighted by atomic mass is 9.95. The maximum Gasteiger partial charge on any atom is 0.240 e. The zero-order valence-electron chi connectivity index (χ0n) is 27.2. The van der Waals surface area contributed by atoms with E-state index >= 15 is 4.39 Å². The molecule has 1 unspecified atom stereocenters. The highest BCUT2D eigenvalue weighted by Gasteiger charge is 2.42. The molecule has 3 aliphatic heterocycles. The largest absolute Gasteiger partial charge is 0.470 e. The van der Waals surface area contributed by atoms with Crippen molar-refractivity contribution in [1.82, 2.24) is 25.4 Å². The lowest BCUT2D eigenvalue weighted by Crippen LogP contribution is -2.63. The molecule has 4 aromatic rings. The third kappa shape index (κ3) is 3.63. The van der Waals surface area contributed by atoms with Crippen LogP contribution in [-0.2, 0) is 0 Å². The first-order chi connectivity index (χ1) is 21.1. The molecule has 2 aromatic heterocycles. The number of likely N-dealkylation sites (N-methyl/N-ethyl adjacent to an activating group) is 1. The maximum absolute atomic E-state index is 16.9. The number of H-pyrrole nitrogens is 1. The zero-order valence-corrected chi connectivity index (χ0v) is 21.7. The molecule has 0 amide bonds. The Hall–Kier alpha value is -2.85. The predicted octanol–water partition coefficient (Wildman–Crippen LogP) is 4.53. The standard InChI is InChI=1S/C27H28Cl2FN7O/c1-13-9-37-14(7-31-13)10-36-12-15(11-35(2)3)38-27-26(36)25(37)16-6-19(29)22(23(30)24(16)33-27)21-17-8-32-34-20(17)5-4-18(21)28/h4-6,8,13-15,31H,7,9-12H2,1-3H3,(H,32,34)/t13-,14-,15-/m1/s1/i2D3,3D3,9D/t9?,13-,14-,15-. The molecular formula is C27H28Cl2FN7O. The number of benzene rings is 2. The Bertz CT molecular complexity index is 1820. The molecule has 4 atom stereocenters. The quantitative estimate of drug-likeness (QED) is 0.380. The Labute approximate surface area is 239 Å². The summed E-state index contributed by atoms with van der Waals surface area (Å²) in [5.74, 6) is -0.746. The van der Waals surface area contributed by atoms with Crippen molar-refractivity contribution in [3.8, 4) is 17.0 Å². The van der Waals surface area contributed by atoms with Gasteiger partial charge in [-0.15, -0.1) is 0 Å². The van der Waals surface area contributed by atoms with Crippen molar-refractivity contribution in [3.63, 3.8) is 0 Å². The van der Waals surface area contributed by atoms with Gasteiger partial charge in [-0.05, 0) is 39.1 Å². The van der Waals surface area contributed by atoms with Crippen molar-refractivity contribution >= 4 is 56.4 Å². The SMILES string of the molecule is [2H]C1[C@@H](C)NC[C@@H]2CN3C[C@@H](CN(C([2H])([2H])[2H])C([2H])([2H])[2H])Oc4nc5c(F)c(-c6c(Cl)ccc7[nH]ncc67)c(Cl)cc5c(c43)N12. The number of pyridine rings is 1. The summed E-state index contributed by atoms with van der Waals surface area (Å²) in [5.41, 5.74) is 1.95. The van der Waals surface area contributed by atoms with Crippen LogP contribution in [-0.4, -0.2) is 84.9 Å². The van der Waals surface area contributed by atoms with Gasteiger partial charge in [-0.1, -0.05) is 23.2 Å². The first-order valence-corrected chi connectivity index (χ1v) is 13.0. The summed E-state index contributed by atoms with van der Waals surface area (Å²) in [7, 11) is 0. The second kappa shape index (κ2) is 8.84. The molecule has 0 radical (unpaired) electrons. The summed E-state index contributed by atoms with van der Waals surface area (Å²) in [5, 5.41) is 11.6. The average molecular weight is 564 g/mol. The summed E-state index contributed by atoms with van der Waals surface area (Å²) in [6.45, 7) is -4.00. The number of nitrogens with one attached hydrogen (secondary N) is 2. The number of piperazine rings is 1. The summed E-state index contributed by atoms with van der Waals surface area (Å²) in [4.78, 5) is 8.96. The Morgan fingerprint density at radius 1 is 1.21 bits per heavy atom. The number of halogens is 3. The molecule has 7 rings (SSSR count). The van der Waals surface area contributed by atoms with Gasteiger partial charge in [0, 0.05) is 67.3 Å². The van der Waals surface area contributed by atoms with Crippen LogP contribution in [0.4, 0.5) is 15.8 Å². The number of nitrogens with zero attached hydrogens (tertiary/aromatic N) is 5. The van der Waals surface area contributed by atoms with Gasteiger partial charge in [0.25, 0.3) is 0 Å². The van der Waals surface area contributed by atoms with Crippen molar-refractivity contribution in [2.75, 3.05) is 56.5 Å². The van der Waals surface area contributed by atoms with Gasteiger partial charge in [0.2, 0.25) is 5.88 Å². The third-order valence-corrected chi connectivity index (χ3v) is 8.07. The van der Waals surface area contributed by atoms with E-state index in [0.29, 0.717) is 51.2 Å². The first-order valence-electron chi connectivity index (χ1n) is 15.8. The van der Waals surface area contributed by atoms with E-state index in [-0.39, 0.29) is 45.6 Å². The molecule has 5 heterocycles. The molecule has 0 saturated carbocycles. The number of anilines is 2. The number of hydrogen-bond acceptors (Lipinski definition) is 7. The van der Waals surface area contributed by atoms with Crippen LogP contribution in [0.25, 0.3) is 32.9 Å². The lowest BCUT2D eigenvalue weighted by molar-refractivity contribution is 0.146. The van der Waals surface area contributed by atoms with Gasteiger partial charge in [0.1, 0.15) is 17.3 Å². The molecule has 2 aromatic carbocycles. The molecule has 0 spiro atoms. The molecule has 1 fully saturated rings. The second-order valence-electron chi connectivity index (χ2n) is 9.97. The third-order valence-electron chi connectivity index (χ3n) is 7.46. The van der Waals surface area contributed by atoms with Crippen molar-refractivity contribution < 1.29 is 18.7 Å². The molecule has 0 bridgehead atoms. The lowest BCUT2D eigenvalue weighted by Gasteiger charge is -2.51. The van der Waals surface area contributed by atoms with E-state index in [1.807, 2.05) is 16.7 Å².